The standard InChI is InChI=1S/C25H24ClFN6O3/c1-33(24(34)31-14-18-7-4-8-20(27)23(18)26)19(12-21-28-9-10-29-21)15-36-25(35)32-22-11-16-5-2-3-6-17(16)13-30-22/h2-11,13,19H,12,14-15H2,1H3,(H,28,29)(H,31,34)(H,30,32,35). The van der Waals surface area contributed by atoms with Gasteiger partial charge in [-0.15, -0.1) is 0 Å². The Morgan fingerprint density at radius 3 is 2.75 bits per heavy atom. The third-order valence-corrected chi connectivity index (χ3v) is 6.00. The van der Waals surface area contributed by atoms with Gasteiger partial charge in [0.25, 0.3) is 0 Å². The maximum Gasteiger partial charge on any atom is 0.412 e. The predicted octanol–water partition coefficient (Wildman–Crippen LogP) is 4.75. The molecule has 0 spiro atoms. The van der Waals surface area contributed by atoms with Crippen molar-refractivity contribution in [2.75, 3.05) is 19.0 Å². The summed E-state index contributed by atoms with van der Waals surface area (Å²) in [4.78, 5) is 38.1. The van der Waals surface area contributed by atoms with Crippen LogP contribution in [-0.4, -0.2) is 51.7 Å². The number of likely N-dealkylation sites (N-methyl/N-ethyl adjacent to an activating group) is 1. The van der Waals surface area contributed by atoms with E-state index in [-0.39, 0.29) is 18.2 Å². The van der Waals surface area contributed by atoms with Crippen LogP contribution in [-0.2, 0) is 17.7 Å². The van der Waals surface area contributed by atoms with E-state index in [2.05, 4.69) is 25.6 Å². The molecule has 0 aliphatic heterocycles. The molecule has 9 nitrogen and oxygen atoms in total. The molecule has 0 fully saturated rings. The zero-order valence-corrected chi connectivity index (χ0v) is 20.1. The molecule has 186 valence electrons. The van der Waals surface area contributed by atoms with Crippen LogP contribution in [0.3, 0.4) is 0 Å². The Morgan fingerprint density at radius 1 is 1.17 bits per heavy atom. The first-order valence-corrected chi connectivity index (χ1v) is 11.5. The summed E-state index contributed by atoms with van der Waals surface area (Å²) in [5.41, 5.74) is 0.444. The average molecular weight is 511 g/mol. The van der Waals surface area contributed by atoms with Gasteiger partial charge in [0.15, 0.2) is 0 Å². The van der Waals surface area contributed by atoms with Crippen molar-refractivity contribution >= 4 is 40.3 Å². The van der Waals surface area contributed by atoms with Gasteiger partial charge >= 0.3 is 12.1 Å². The van der Waals surface area contributed by atoms with Crippen LogP contribution >= 0.6 is 11.6 Å². The number of H-pyrrole nitrogens is 1. The van der Waals surface area contributed by atoms with Crippen molar-refractivity contribution in [3.05, 3.63) is 89.3 Å². The SMILES string of the molecule is CN(C(=O)NCc1cccc(F)c1Cl)C(COC(=O)Nc1cc2ccccc2cn1)Cc1ncc[nH]1. The van der Waals surface area contributed by atoms with E-state index in [1.54, 1.807) is 37.8 Å². The Labute approximate surface area is 211 Å². The van der Waals surface area contributed by atoms with Crippen molar-refractivity contribution < 1.29 is 18.7 Å². The van der Waals surface area contributed by atoms with E-state index in [0.29, 0.717) is 23.6 Å². The normalized spacial score (nSPS) is 11.6. The second-order valence-electron chi connectivity index (χ2n) is 8.02. The molecule has 0 bridgehead atoms. The van der Waals surface area contributed by atoms with Crippen molar-refractivity contribution in [2.24, 2.45) is 0 Å². The molecule has 2 heterocycles. The van der Waals surface area contributed by atoms with E-state index in [9.17, 15) is 14.0 Å². The van der Waals surface area contributed by atoms with E-state index in [1.807, 2.05) is 24.3 Å². The lowest BCUT2D eigenvalue weighted by atomic mass is 10.2. The molecule has 0 radical (unpaired) electrons. The fourth-order valence-corrected chi connectivity index (χ4v) is 3.74. The topological polar surface area (TPSA) is 112 Å². The molecule has 3 N–H and O–H groups in total. The molecular weight excluding hydrogens is 487 g/mol. The second-order valence-corrected chi connectivity index (χ2v) is 8.39. The van der Waals surface area contributed by atoms with Crippen LogP contribution in [0.4, 0.5) is 19.8 Å². The number of fused-ring (bicyclic) bond motifs is 1. The van der Waals surface area contributed by atoms with Gasteiger partial charge in [0.05, 0.1) is 11.1 Å². The van der Waals surface area contributed by atoms with Gasteiger partial charge in [0.2, 0.25) is 0 Å². The molecular formula is C25H24ClFN6O3. The van der Waals surface area contributed by atoms with E-state index < -0.39 is 24.0 Å². The number of hydrogen-bond acceptors (Lipinski definition) is 5. The van der Waals surface area contributed by atoms with Gasteiger partial charge in [-0.3, -0.25) is 5.32 Å². The molecule has 0 saturated carbocycles. The van der Waals surface area contributed by atoms with Crippen molar-refractivity contribution in [3.63, 3.8) is 0 Å². The van der Waals surface area contributed by atoms with Gasteiger partial charge < -0.3 is 19.9 Å². The van der Waals surface area contributed by atoms with Crippen LogP contribution in [0.15, 0.2) is 67.1 Å². The number of nitrogens with one attached hydrogen (secondary N) is 3. The third-order valence-electron chi connectivity index (χ3n) is 5.58. The molecule has 1 unspecified atom stereocenters. The number of rotatable bonds is 8. The smallest absolute Gasteiger partial charge is 0.412 e. The monoisotopic (exact) mass is 510 g/mol. The van der Waals surface area contributed by atoms with Gasteiger partial charge in [0, 0.05) is 44.0 Å². The molecule has 11 heteroatoms. The molecule has 1 atom stereocenters. The highest BCUT2D eigenvalue weighted by atomic mass is 35.5. The summed E-state index contributed by atoms with van der Waals surface area (Å²) in [6, 6.07) is 12.8. The number of anilines is 1. The third kappa shape index (κ3) is 6.28. The number of nitrogens with zero attached hydrogens (tertiary/aromatic N) is 3. The Morgan fingerprint density at radius 2 is 1.97 bits per heavy atom. The Balaban J connectivity index is 1.38. The molecule has 3 amide bonds. The van der Waals surface area contributed by atoms with Gasteiger partial charge in [-0.1, -0.05) is 48.0 Å². The van der Waals surface area contributed by atoms with E-state index in [1.165, 1.54) is 17.0 Å². The molecule has 0 aliphatic rings. The number of aromatic amines is 1. The quantitative estimate of drug-likeness (QED) is 0.316. The van der Waals surface area contributed by atoms with Gasteiger partial charge in [-0.25, -0.2) is 23.9 Å². The number of aromatic nitrogens is 3. The average Bonchev–Trinajstić information content (AvgIpc) is 3.40. The number of carbonyl (C=O) groups is 2. The number of amides is 3. The first-order chi connectivity index (χ1) is 17.4. The van der Waals surface area contributed by atoms with Crippen LogP contribution in [0, 0.1) is 5.82 Å². The highest BCUT2D eigenvalue weighted by Gasteiger charge is 2.23. The molecule has 4 aromatic rings. The lowest BCUT2D eigenvalue weighted by Crippen LogP contribution is -2.47. The van der Waals surface area contributed by atoms with Crippen molar-refractivity contribution in [1.82, 2.24) is 25.2 Å². The Kier molecular flexibility index (Phi) is 7.96. The molecule has 0 saturated heterocycles. The second kappa shape index (κ2) is 11.5. The van der Waals surface area contributed by atoms with Gasteiger partial charge in [-0.2, -0.15) is 0 Å². The fourth-order valence-electron chi connectivity index (χ4n) is 3.55. The molecule has 2 aromatic carbocycles. The van der Waals surface area contributed by atoms with E-state index in [4.69, 9.17) is 16.3 Å². The fraction of sp³-hybridized carbons (Fsp3) is 0.200. The summed E-state index contributed by atoms with van der Waals surface area (Å²) in [5.74, 6) is 0.403. The maximum atomic E-state index is 13.7. The Bertz CT molecular complexity index is 1350. The van der Waals surface area contributed by atoms with Crippen LogP contribution in [0.5, 0.6) is 0 Å². The number of hydrogen-bond donors (Lipinski definition) is 3. The van der Waals surface area contributed by atoms with Crippen molar-refractivity contribution in [3.8, 4) is 0 Å². The molecule has 4 rings (SSSR count). The van der Waals surface area contributed by atoms with Gasteiger partial charge in [0.1, 0.15) is 24.1 Å². The zero-order valence-electron chi connectivity index (χ0n) is 19.4. The summed E-state index contributed by atoms with van der Waals surface area (Å²) >= 11 is 5.98. The molecule has 2 aromatic heterocycles. The molecule has 36 heavy (non-hydrogen) atoms. The van der Waals surface area contributed by atoms with Crippen LogP contribution in [0.25, 0.3) is 10.8 Å². The number of benzene rings is 2. The van der Waals surface area contributed by atoms with Crippen molar-refractivity contribution in [1.29, 1.82) is 0 Å². The number of halogens is 2. The highest BCUT2D eigenvalue weighted by molar-refractivity contribution is 6.31. The predicted molar refractivity (Wildman–Crippen MR) is 134 cm³/mol. The summed E-state index contributed by atoms with van der Waals surface area (Å²) in [7, 11) is 1.57. The Hall–Kier alpha value is -4.18. The largest absolute Gasteiger partial charge is 0.447 e. The number of imidazole rings is 1. The van der Waals surface area contributed by atoms with Crippen LogP contribution < -0.4 is 10.6 Å². The van der Waals surface area contributed by atoms with Crippen LogP contribution in [0.1, 0.15) is 11.4 Å². The molecule has 0 aliphatic carbocycles. The maximum absolute atomic E-state index is 13.7. The van der Waals surface area contributed by atoms with Crippen molar-refractivity contribution in [2.45, 2.75) is 19.0 Å². The van der Waals surface area contributed by atoms with Crippen LogP contribution in [0.2, 0.25) is 5.02 Å². The lowest BCUT2D eigenvalue weighted by Gasteiger charge is -2.27. The minimum atomic E-state index is -0.706. The number of carbonyl (C=O) groups excluding carboxylic acids is 2. The van der Waals surface area contributed by atoms with E-state index in [0.717, 1.165) is 10.8 Å². The summed E-state index contributed by atoms with van der Waals surface area (Å²) in [6.07, 6.45) is 4.52. The number of ether oxygens (including phenoxy) is 1. The first-order valence-electron chi connectivity index (χ1n) is 11.1. The first kappa shape index (κ1) is 24.9. The number of pyridine rings is 1. The van der Waals surface area contributed by atoms with E-state index >= 15 is 0 Å². The number of urea groups is 1. The van der Waals surface area contributed by atoms with Gasteiger partial charge in [-0.05, 0) is 23.1 Å². The zero-order chi connectivity index (χ0) is 25.5. The summed E-state index contributed by atoms with van der Waals surface area (Å²) in [5, 5.41) is 7.14. The highest BCUT2D eigenvalue weighted by Crippen LogP contribution is 2.20. The minimum absolute atomic E-state index is 0.0300. The minimum Gasteiger partial charge on any atom is -0.447 e. The lowest BCUT2D eigenvalue weighted by molar-refractivity contribution is 0.116. The summed E-state index contributed by atoms with van der Waals surface area (Å²) in [6.45, 7) is -0.0764. The summed E-state index contributed by atoms with van der Waals surface area (Å²) < 4.78 is 19.1.